The Balaban J connectivity index is 1.42. The molecule has 4 rings (SSSR count). The highest BCUT2D eigenvalue weighted by molar-refractivity contribution is 7.15. The number of phenols is 1. The van der Waals surface area contributed by atoms with Crippen LogP contribution < -0.4 is 10.6 Å². The van der Waals surface area contributed by atoms with Crippen LogP contribution in [0.1, 0.15) is 4.88 Å². The van der Waals surface area contributed by atoms with Gasteiger partial charge < -0.3 is 15.7 Å². The molecule has 2 aromatic heterocycles. The fourth-order valence-corrected chi connectivity index (χ4v) is 3.75. The maximum atomic E-state index is 12.3. The Labute approximate surface area is 160 Å². The van der Waals surface area contributed by atoms with Crippen molar-refractivity contribution >= 4 is 33.8 Å². The number of nitrogens with zero attached hydrogens (tertiary/aromatic N) is 1. The molecule has 2 aromatic carbocycles. The van der Waals surface area contributed by atoms with Gasteiger partial charge in [-0.3, -0.25) is 4.98 Å². The number of urea groups is 1. The summed E-state index contributed by atoms with van der Waals surface area (Å²) in [5.41, 5.74) is 1.58. The van der Waals surface area contributed by atoms with Crippen LogP contribution in [0.5, 0.6) is 5.75 Å². The van der Waals surface area contributed by atoms with Crippen LogP contribution in [-0.4, -0.2) is 16.1 Å². The number of rotatable bonds is 4. The zero-order chi connectivity index (χ0) is 18.6. The number of nitrogens with one attached hydrogen (secondary N) is 2. The molecule has 134 valence electrons. The number of carbonyl (C=O) groups is 1. The molecule has 2 amide bonds. The SMILES string of the molecule is O=C(NCc1ccc(-c2ccccn2)s1)Nc1cccc2ccc(O)cc12. The van der Waals surface area contributed by atoms with Crippen molar-refractivity contribution in [3.63, 3.8) is 0 Å². The lowest BCUT2D eigenvalue weighted by Crippen LogP contribution is -2.27. The number of hydrogen-bond acceptors (Lipinski definition) is 4. The second-order valence-corrected chi connectivity index (χ2v) is 7.17. The van der Waals surface area contributed by atoms with Crippen molar-refractivity contribution < 1.29 is 9.90 Å². The zero-order valence-electron chi connectivity index (χ0n) is 14.3. The normalized spacial score (nSPS) is 10.7. The van der Waals surface area contributed by atoms with Gasteiger partial charge in [-0.1, -0.05) is 24.3 Å². The minimum atomic E-state index is -0.293. The van der Waals surface area contributed by atoms with E-state index in [9.17, 15) is 9.90 Å². The molecule has 0 saturated carbocycles. The average molecular weight is 375 g/mol. The van der Waals surface area contributed by atoms with Crippen LogP contribution in [0.3, 0.4) is 0 Å². The van der Waals surface area contributed by atoms with Crippen LogP contribution in [0, 0.1) is 0 Å². The highest BCUT2D eigenvalue weighted by Gasteiger charge is 2.08. The third-order valence-corrected chi connectivity index (χ3v) is 5.22. The lowest BCUT2D eigenvalue weighted by atomic mass is 10.1. The lowest BCUT2D eigenvalue weighted by Gasteiger charge is -2.10. The number of hydrogen-bond donors (Lipinski definition) is 3. The standard InChI is InChI=1S/C21H17N3O2S/c25-15-8-7-14-4-3-6-18(17(14)12-15)24-21(26)23-13-16-9-10-20(27-16)19-5-1-2-11-22-19/h1-12,25H,13H2,(H2,23,24,26). The van der Waals surface area contributed by atoms with Crippen molar-refractivity contribution in [3.8, 4) is 16.3 Å². The first kappa shape index (κ1) is 17.1. The molecule has 0 atom stereocenters. The number of aromatic nitrogens is 1. The maximum absolute atomic E-state index is 12.3. The number of phenolic OH excluding ortho intramolecular Hbond substituents is 1. The molecule has 0 fully saturated rings. The summed E-state index contributed by atoms with van der Waals surface area (Å²) in [5.74, 6) is 0.165. The number of carbonyl (C=O) groups excluding carboxylic acids is 1. The fraction of sp³-hybridized carbons (Fsp3) is 0.0476. The van der Waals surface area contributed by atoms with Crippen molar-refractivity contribution in [1.82, 2.24) is 10.3 Å². The van der Waals surface area contributed by atoms with Gasteiger partial charge in [-0.15, -0.1) is 11.3 Å². The molecule has 0 bridgehead atoms. The topological polar surface area (TPSA) is 74.2 Å². The number of amides is 2. The van der Waals surface area contributed by atoms with Crippen molar-refractivity contribution in [1.29, 1.82) is 0 Å². The van der Waals surface area contributed by atoms with Gasteiger partial charge in [-0.05, 0) is 47.9 Å². The molecule has 0 aliphatic heterocycles. The van der Waals surface area contributed by atoms with Crippen molar-refractivity contribution in [2.75, 3.05) is 5.32 Å². The number of fused-ring (bicyclic) bond motifs is 1. The summed E-state index contributed by atoms with van der Waals surface area (Å²) in [7, 11) is 0. The largest absolute Gasteiger partial charge is 0.508 e. The van der Waals surface area contributed by atoms with E-state index in [0.29, 0.717) is 12.2 Å². The molecule has 5 nitrogen and oxygen atoms in total. The summed E-state index contributed by atoms with van der Waals surface area (Å²) in [4.78, 5) is 18.7. The number of aromatic hydroxyl groups is 1. The molecule has 27 heavy (non-hydrogen) atoms. The molecule has 6 heteroatoms. The Kier molecular flexibility index (Phi) is 4.72. The van der Waals surface area contributed by atoms with Gasteiger partial charge in [0.1, 0.15) is 5.75 Å². The van der Waals surface area contributed by atoms with Gasteiger partial charge in [0, 0.05) is 16.5 Å². The summed E-state index contributed by atoms with van der Waals surface area (Å²) in [5, 5.41) is 17.2. The molecule has 0 unspecified atom stereocenters. The minimum Gasteiger partial charge on any atom is -0.508 e. The molecule has 4 aromatic rings. The van der Waals surface area contributed by atoms with E-state index in [0.717, 1.165) is 26.2 Å². The van der Waals surface area contributed by atoms with Gasteiger partial charge in [0.25, 0.3) is 0 Å². The van der Waals surface area contributed by atoms with Crippen LogP contribution >= 0.6 is 11.3 Å². The van der Waals surface area contributed by atoms with Crippen molar-refractivity contribution in [3.05, 3.63) is 77.8 Å². The average Bonchev–Trinajstić information content (AvgIpc) is 3.17. The molecule has 0 radical (unpaired) electrons. The smallest absolute Gasteiger partial charge is 0.319 e. The predicted molar refractivity (Wildman–Crippen MR) is 109 cm³/mol. The van der Waals surface area contributed by atoms with Crippen LogP contribution in [0.4, 0.5) is 10.5 Å². The molecule has 0 spiro atoms. The van der Waals surface area contributed by atoms with Crippen LogP contribution in [-0.2, 0) is 6.54 Å². The Hall–Kier alpha value is -3.38. The van der Waals surface area contributed by atoms with Gasteiger partial charge in [-0.2, -0.15) is 0 Å². The molecule has 0 aliphatic rings. The molecule has 0 aliphatic carbocycles. The Morgan fingerprint density at radius 3 is 2.81 bits per heavy atom. The van der Waals surface area contributed by atoms with E-state index in [-0.39, 0.29) is 11.8 Å². The number of pyridine rings is 1. The Morgan fingerprint density at radius 2 is 1.96 bits per heavy atom. The van der Waals surface area contributed by atoms with E-state index >= 15 is 0 Å². The first-order valence-corrected chi connectivity index (χ1v) is 9.27. The predicted octanol–water partition coefficient (Wildman–Crippen LogP) is 4.99. The van der Waals surface area contributed by atoms with Gasteiger partial charge in [0.15, 0.2) is 0 Å². The van der Waals surface area contributed by atoms with E-state index < -0.39 is 0 Å². The van der Waals surface area contributed by atoms with Crippen molar-refractivity contribution in [2.24, 2.45) is 0 Å². The van der Waals surface area contributed by atoms with E-state index in [1.54, 1.807) is 29.7 Å². The van der Waals surface area contributed by atoms with Crippen LogP contribution in [0.25, 0.3) is 21.3 Å². The van der Waals surface area contributed by atoms with Gasteiger partial charge in [0.05, 0.1) is 22.8 Å². The molecular formula is C21H17N3O2S. The van der Waals surface area contributed by atoms with E-state index in [4.69, 9.17) is 0 Å². The van der Waals surface area contributed by atoms with Crippen LogP contribution in [0.15, 0.2) is 72.9 Å². The summed E-state index contributed by atoms with van der Waals surface area (Å²) < 4.78 is 0. The quantitative estimate of drug-likeness (QED) is 0.470. The van der Waals surface area contributed by atoms with Gasteiger partial charge >= 0.3 is 6.03 Å². The maximum Gasteiger partial charge on any atom is 0.319 e. The first-order valence-electron chi connectivity index (χ1n) is 8.46. The Bertz CT molecular complexity index is 1090. The van der Waals surface area contributed by atoms with E-state index in [1.807, 2.05) is 54.6 Å². The fourth-order valence-electron chi connectivity index (χ4n) is 2.82. The van der Waals surface area contributed by atoms with E-state index in [2.05, 4.69) is 15.6 Å². The second-order valence-electron chi connectivity index (χ2n) is 6.00. The molecule has 2 heterocycles. The third-order valence-electron chi connectivity index (χ3n) is 4.12. The lowest BCUT2D eigenvalue weighted by molar-refractivity contribution is 0.252. The zero-order valence-corrected chi connectivity index (χ0v) is 15.2. The number of benzene rings is 2. The number of thiophene rings is 1. The Morgan fingerprint density at radius 1 is 1.04 bits per heavy atom. The van der Waals surface area contributed by atoms with Gasteiger partial charge in [0.2, 0.25) is 0 Å². The monoisotopic (exact) mass is 375 g/mol. The van der Waals surface area contributed by atoms with Crippen LogP contribution in [0.2, 0.25) is 0 Å². The second kappa shape index (κ2) is 7.47. The van der Waals surface area contributed by atoms with Crippen molar-refractivity contribution in [2.45, 2.75) is 6.54 Å². The highest BCUT2D eigenvalue weighted by atomic mass is 32.1. The summed E-state index contributed by atoms with van der Waals surface area (Å²) in [6, 6.07) is 20.2. The molecule has 3 N–H and O–H groups in total. The molecule has 0 saturated heterocycles. The highest BCUT2D eigenvalue weighted by Crippen LogP contribution is 2.28. The van der Waals surface area contributed by atoms with Gasteiger partial charge in [-0.25, -0.2) is 4.79 Å². The summed E-state index contributed by atoms with van der Waals surface area (Å²) in [6.45, 7) is 0.430. The summed E-state index contributed by atoms with van der Waals surface area (Å²) in [6.07, 6.45) is 1.77. The number of anilines is 1. The summed E-state index contributed by atoms with van der Waals surface area (Å²) >= 11 is 1.60. The van der Waals surface area contributed by atoms with E-state index in [1.165, 1.54) is 0 Å². The first-order chi connectivity index (χ1) is 13.2. The molecular weight excluding hydrogens is 358 g/mol. The minimum absolute atomic E-state index is 0.165. The third kappa shape index (κ3) is 3.91.